The minimum absolute atomic E-state index is 0.146. The molecule has 122 valence electrons. The second-order valence-corrected chi connectivity index (χ2v) is 6.06. The lowest BCUT2D eigenvalue weighted by atomic mass is 9.79. The Labute approximate surface area is 131 Å². The highest BCUT2D eigenvalue weighted by atomic mass is 16.5. The molecule has 2 rings (SSSR count). The average Bonchev–Trinajstić information content (AvgIpc) is 2.92. The third-order valence-electron chi connectivity index (χ3n) is 4.41. The van der Waals surface area contributed by atoms with Crippen molar-refractivity contribution in [2.75, 3.05) is 6.61 Å². The van der Waals surface area contributed by atoms with Gasteiger partial charge in [0.05, 0.1) is 6.61 Å². The lowest BCUT2D eigenvalue weighted by Gasteiger charge is -2.31. The summed E-state index contributed by atoms with van der Waals surface area (Å²) in [5, 5.41) is 6.84. The molecule has 1 aromatic rings. The van der Waals surface area contributed by atoms with Crippen LogP contribution >= 0.6 is 0 Å². The SMILES string of the molecule is CCOC(=O)[C@@H](NC(=O)c1ccnn1C)[C@H]1CC[C@H](C)CC1. The van der Waals surface area contributed by atoms with Crippen molar-refractivity contribution in [2.45, 2.75) is 45.6 Å². The van der Waals surface area contributed by atoms with Crippen LogP contribution in [0.15, 0.2) is 12.3 Å². The number of carbonyl (C=O) groups is 2. The van der Waals surface area contributed by atoms with Crippen LogP contribution in [0.5, 0.6) is 0 Å². The van der Waals surface area contributed by atoms with Gasteiger partial charge in [-0.05, 0) is 37.7 Å². The van der Waals surface area contributed by atoms with Crippen LogP contribution in [0.3, 0.4) is 0 Å². The van der Waals surface area contributed by atoms with E-state index in [0.717, 1.165) is 25.7 Å². The average molecular weight is 307 g/mol. The number of esters is 1. The maximum atomic E-state index is 12.4. The number of carbonyl (C=O) groups excluding carboxylic acids is 2. The molecular formula is C16H25N3O3. The molecule has 0 radical (unpaired) electrons. The Morgan fingerprint density at radius 3 is 2.64 bits per heavy atom. The zero-order valence-corrected chi connectivity index (χ0v) is 13.5. The van der Waals surface area contributed by atoms with Crippen LogP contribution in [0, 0.1) is 11.8 Å². The quantitative estimate of drug-likeness (QED) is 0.843. The van der Waals surface area contributed by atoms with Crippen LogP contribution in [0.25, 0.3) is 0 Å². The molecule has 22 heavy (non-hydrogen) atoms. The fourth-order valence-electron chi connectivity index (χ4n) is 3.03. The van der Waals surface area contributed by atoms with E-state index in [1.54, 1.807) is 26.2 Å². The Kier molecular flexibility index (Phi) is 5.57. The minimum Gasteiger partial charge on any atom is -0.464 e. The van der Waals surface area contributed by atoms with Crippen LogP contribution in [0.1, 0.15) is 50.0 Å². The van der Waals surface area contributed by atoms with Crippen molar-refractivity contribution in [1.82, 2.24) is 15.1 Å². The van der Waals surface area contributed by atoms with Crippen LogP contribution < -0.4 is 5.32 Å². The molecule has 0 aromatic carbocycles. The van der Waals surface area contributed by atoms with Crippen molar-refractivity contribution in [1.29, 1.82) is 0 Å². The van der Waals surface area contributed by atoms with Crippen LogP contribution in [0.4, 0.5) is 0 Å². The van der Waals surface area contributed by atoms with Crippen molar-refractivity contribution in [2.24, 2.45) is 18.9 Å². The van der Waals surface area contributed by atoms with Gasteiger partial charge in [-0.2, -0.15) is 5.10 Å². The second kappa shape index (κ2) is 7.42. The molecule has 0 spiro atoms. The van der Waals surface area contributed by atoms with Crippen LogP contribution in [-0.4, -0.2) is 34.3 Å². The predicted molar refractivity (Wildman–Crippen MR) is 82.2 cm³/mol. The second-order valence-electron chi connectivity index (χ2n) is 6.06. The molecular weight excluding hydrogens is 282 g/mol. The van der Waals surface area contributed by atoms with E-state index in [1.807, 2.05) is 0 Å². The summed E-state index contributed by atoms with van der Waals surface area (Å²) in [4.78, 5) is 24.6. The highest BCUT2D eigenvalue weighted by molar-refractivity contribution is 5.95. The first-order valence-electron chi connectivity index (χ1n) is 7.98. The summed E-state index contributed by atoms with van der Waals surface area (Å²) in [6.45, 7) is 4.32. The molecule has 6 nitrogen and oxygen atoms in total. The first kappa shape index (κ1) is 16.5. The number of nitrogens with one attached hydrogen (secondary N) is 1. The molecule has 1 saturated carbocycles. The van der Waals surface area contributed by atoms with E-state index >= 15 is 0 Å². The van der Waals surface area contributed by atoms with Gasteiger partial charge < -0.3 is 10.1 Å². The molecule has 1 aliphatic rings. The molecule has 1 N–H and O–H groups in total. The Balaban J connectivity index is 2.09. The highest BCUT2D eigenvalue weighted by Crippen LogP contribution is 2.31. The Bertz CT molecular complexity index is 518. The summed E-state index contributed by atoms with van der Waals surface area (Å²) in [6.07, 6.45) is 5.62. The molecule has 1 fully saturated rings. The van der Waals surface area contributed by atoms with E-state index in [9.17, 15) is 9.59 Å². The first-order valence-corrected chi connectivity index (χ1v) is 7.98. The molecule has 6 heteroatoms. The van der Waals surface area contributed by atoms with E-state index in [4.69, 9.17) is 4.74 Å². The molecule has 0 aliphatic heterocycles. The Morgan fingerprint density at radius 1 is 1.41 bits per heavy atom. The number of nitrogens with zero attached hydrogens (tertiary/aromatic N) is 2. The van der Waals surface area contributed by atoms with Gasteiger partial charge in [0, 0.05) is 13.2 Å². The Morgan fingerprint density at radius 2 is 2.09 bits per heavy atom. The number of amides is 1. The maximum absolute atomic E-state index is 12.4. The zero-order chi connectivity index (χ0) is 16.1. The molecule has 1 aromatic heterocycles. The van der Waals surface area contributed by atoms with Gasteiger partial charge in [0.15, 0.2) is 0 Å². The third kappa shape index (κ3) is 3.87. The van der Waals surface area contributed by atoms with E-state index < -0.39 is 6.04 Å². The summed E-state index contributed by atoms with van der Waals surface area (Å²) in [7, 11) is 1.70. The molecule has 1 atom stereocenters. The Hall–Kier alpha value is -1.85. The zero-order valence-electron chi connectivity index (χ0n) is 13.5. The lowest BCUT2D eigenvalue weighted by Crippen LogP contribution is -2.48. The van der Waals surface area contributed by atoms with Crippen LogP contribution in [-0.2, 0) is 16.6 Å². The molecule has 0 bridgehead atoms. The third-order valence-corrected chi connectivity index (χ3v) is 4.41. The van der Waals surface area contributed by atoms with E-state index in [2.05, 4.69) is 17.3 Å². The summed E-state index contributed by atoms with van der Waals surface area (Å²) >= 11 is 0. The number of hydrogen-bond acceptors (Lipinski definition) is 4. The van der Waals surface area contributed by atoms with Crippen molar-refractivity contribution in [3.8, 4) is 0 Å². The molecule has 0 saturated heterocycles. The van der Waals surface area contributed by atoms with Gasteiger partial charge in [-0.25, -0.2) is 4.79 Å². The van der Waals surface area contributed by atoms with E-state index in [-0.39, 0.29) is 17.8 Å². The first-order chi connectivity index (χ1) is 10.5. The van der Waals surface area contributed by atoms with Gasteiger partial charge >= 0.3 is 5.97 Å². The number of rotatable bonds is 5. The van der Waals surface area contributed by atoms with Gasteiger partial charge in [-0.15, -0.1) is 0 Å². The summed E-state index contributed by atoms with van der Waals surface area (Å²) in [6, 6.07) is 1.07. The minimum atomic E-state index is -0.574. The van der Waals surface area contributed by atoms with Gasteiger partial charge in [0.2, 0.25) is 0 Å². The van der Waals surface area contributed by atoms with Gasteiger partial charge in [0.25, 0.3) is 5.91 Å². The van der Waals surface area contributed by atoms with E-state index in [1.165, 1.54) is 4.68 Å². The topological polar surface area (TPSA) is 73.2 Å². The summed E-state index contributed by atoms with van der Waals surface area (Å²) in [5.74, 6) is 0.216. The fourth-order valence-corrected chi connectivity index (χ4v) is 3.03. The monoisotopic (exact) mass is 307 g/mol. The van der Waals surface area contributed by atoms with E-state index in [0.29, 0.717) is 18.2 Å². The summed E-state index contributed by atoms with van der Waals surface area (Å²) in [5.41, 5.74) is 0.443. The number of aryl methyl sites for hydroxylation is 1. The summed E-state index contributed by atoms with van der Waals surface area (Å²) < 4.78 is 6.66. The maximum Gasteiger partial charge on any atom is 0.328 e. The van der Waals surface area contributed by atoms with Gasteiger partial charge in [-0.3, -0.25) is 9.48 Å². The molecule has 1 heterocycles. The fraction of sp³-hybridized carbons (Fsp3) is 0.688. The molecule has 1 amide bonds. The van der Waals surface area contributed by atoms with Crippen molar-refractivity contribution >= 4 is 11.9 Å². The van der Waals surface area contributed by atoms with Crippen molar-refractivity contribution < 1.29 is 14.3 Å². The van der Waals surface area contributed by atoms with Gasteiger partial charge in [-0.1, -0.05) is 19.8 Å². The van der Waals surface area contributed by atoms with Crippen LogP contribution in [0.2, 0.25) is 0 Å². The smallest absolute Gasteiger partial charge is 0.328 e. The molecule has 0 unspecified atom stereocenters. The lowest BCUT2D eigenvalue weighted by molar-refractivity contribution is -0.147. The molecule has 1 aliphatic carbocycles. The van der Waals surface area contributed by atoms with Crippen molar-refractivity contribution in [3.63, 3.8) is 0 Å². The number of aromatic nitrogens is 2. The predicted octanol–water partition coefficient (Wildman–Crippen LogP) is 1.91. The largest absolute Gasteiger partial charge is 0.464 e. The highest BCUT2D eigenvalue weighted by Gasteiger charge is 2.33. The van der Waals surface area contributed by atoms with Gasteiger partial charge in [0.1, 0.15) is 11.7 Å². The standard InChI is InChI=1S/C16H25N3O3/c1-4-22-16(21)14(12-7-5-11(2)6-8-12)18-15(20)13-9-10-17-19(13)3/h9-12,14H,4-8H2,1-3H3,(H,18,20)/t11-,12-,14-/m0/s1. The number of hydrogen-bond donors (Lipinski definition) is 1. The van der Waals surface area contributed by atoms with Crippen molar-refractivity contribution in [3.05, 3.63) is 18.0 Å². The number of ether oxygens (including phenoxy) is 1. The normalized spacial score (nSPS) is 22.9.